The average Bonchev–Trinajstić information content (AvgIpc) is 2.28. The molecule has 1 rings (SSSR count). The van der Waals surface area contributed by atoms with Crippen LogP contribution >= 0.6 is 15.9 Å². The molecule has 1 aromatic rings. The first-order valence-corrected chi connectivity index (χ1v) is 6.53. The summed E-state index contributed by atoms with van der Waals surface area (Å²) in [5.41, 5.74) is 6.82. The van der Waals surface area contributed by atoms with Crippen molar-refractivity contribution in [1.82, 2.24) is 0 Å². The summed E-state index contributed by atoms with van der Waals surface area (Å²) in [5.74, 6) is 1.75. The number of hydrogen-bond donors (Lipinski definition) is 1. The predicted octanol–water partition coefficient (Wildman–Crippen LogP) is 3.31. The van der Waals surface area contributed by atoms with Gasteiger partial charge < -0.3 is 15.2 Å². The zero-order valence-corrected chi connectivity index (χ0v) is 12.4. The Bertz CT molecular complexity index is 380. The maximum atomic E-state index is 5.86. The maximum Gasteiger partial charge on any atom is 0.166 e. The normalized spacial score (nSPS) is 12.6. The van der Waals surface area contributed by atoms with E-state index < -0.39 is 0 Å². The molecule has 0 saturated carbocycles. The first-order chi connectivity index (χ1) is 8.01. The summed E-state index contributed by atoms with van der Waals surface area (Å²) in [6, 6.07) is 3.86. The Morgan fingerprint density at radius 2 is 1.94 bits per heavy atom. The summed E-state index contributed by atoms with van der Waals surface area (Å²) in [4.78, 5) is 0. The number of hydrogen-bond acceptors (Lipinski definition) is 3. The van der Waals surface area contributed by atoms with E-state index in [1.165, 1.54) is 0 Å². The summed E-state index contributed by atoms with van der Waals surface area (Å²) in [7, 11) is 1.65. The van der Waals surface area contributed by atoms with Crippen LogP contribution in [0.4, 0.5) is 0 Å². The standard InChI is InChI=1S/C13H20BrNO2/c1-8(2)17-13-11(16-4)6-5-10(14)12(13)9(3)7-15/h5-6,8-9H,7,15H2,1-4H3. The molecule has 0 saturated heterocycles. The third-order valence-electron chi connectivity index (χ3n) is 2.53. The van der Waals surface area contributed by atoms with Crippen LogP contribution < -0.4 is 15.2 Å². The molecule has 4 heteroatoms. The molecule has 0 fully saturated rings. The smallest absolute Gasteiger partial charge is 0.166 e. The zero-order valence-electron chi connectivity index (χ0n) is 10.8. The van der Waals surface area contributed by atoms with E-state index in [1.54, 1.807) is 7.11 Å². The fourth-order valence-electron chi connectivity index (χ4n) is 1.65. The van der Waals surface area contributed by atoms with Crippen LogP contribution in [0.25, 0.3) is 0 Å². The van der Waals surface area contributed by atoms with Gasteiger partial charge in [-0.3, -0.25) is 0 Å². The van der Waals surface area contributed by atoms with Crippen molar-refractivity contribution in [1.29, 1.82) is 0 Å². The maximum absolute atomic E-state index is 5.86. The molecule has 1 atom stereocenters. The zero-order chi connectivity index (χ0) is 13.0. The van der Waals surface area contributed by atoms with Gasteiger partial charge in [0.25, 0.3) is 0 Å². The third-order valence-corrected chi connectivity index (χ3v) is 3.22. The molecule has 0 heterocycles. The van der Waals surface area contributed by atoms with Crippen LogP contribution in [-0.4, -0.2) is 19.8 Å². The van der Waals surface area contributed by atoms with E-state index >= 15 is 0 Å². The summed E-state index contributed by atoms with van der Waals surface area (Å²) in [5, 5.41) is 0. The van der Waals surface area contributed by atoms with Crippen LogP contribution in [0.2, 0.25) is 0 Å². The highest BCUT2D eigenvalue weighted by Crippen LogP contribution is 2.40. The highest BCUT2D eigenvalue weighted by atomic mass is 79.9. The molecule has 0 aliphatic heterocycles. The van der Waals surface area contributed by atoms with Crippen LogP contribution in [0.1, 0.15) is 32.3 Å². The second kappa shape index (κ2) is 6.26. The fourth-order valence-corrected chi connectivity index (χ4v) is 2.35. The average molecular weight is 302 g/mol. The summed E-state index contributed by atoms with van der Waals surface area (Å²) < 4.78 is 12.2. The van der Waals surface area contributed by atoms with Crippen molar-refractivity contribution >= 4 is 15.9 Å². The molecule has 1 aromatic carbocycles. The molecule has 0 aromatic heterocycles. The van der Waals surface area contributed by atoms with Crippen molar-refractivity contribution in [2.45, 2.75) is 32.8 Å². The minimum atomic E-state index is 0.0990. The number of halogens is 1. The SMILES string of the molecule is COc1ccc(Br)c(C(C)CN)c1OC(C)C. The molecule has 0 amide bonds. The van der Waals surface area contributed by atoms with Gasteiger partial charge in [-0.25, -0.2) is 0 Å². The first-order valence-electron chi connectivity index (χ1n) is 5.74. The van der Waals surface area contributed by atoms with E-state index in [0.717, 1.165) is 21.5 Å². The van der Waals surface area contributed by atoms with Gasteiger partial charge in [0.15, 0.2) is 11.5 Å². The van der Waals surface area contributed by atoms with Crippen molar-refractivity contribution in [2.24, 2.45) is 5.73 Å². The molecule has 96 valence electrons. The quantitative estimate of drug-likeness (QED) is 0.907. The molecule has 0 aliphatic rings. The van der Waals surface area contributed by atoms with E-state index in [2.05, 4.69) is 22.9 Å². The summed E-state index contributed by atoms with van der Waals surface area (Å²) in [6.07, 6.45) is 0.0990. The van der Waals surface area contributed by atoms with E-state index in [4.69, 9.17) is 15.2 Å². The number of ether oxygens (including phenoxy) is 2. The lowest BCUT2D eigenvalue weighted by Gasteiger charge is -2.21. The first kappa shape index (κ1) is 14.3. The molecular formula is C13H20BrNO2. The van der Waals surface area contributed by atoms with Gasteiger partial charge in [0, 0.05) is 10.0 Å². The Kier molecular flexibility index (Phi) is 5.28. The molecule has 0 radical (unpaired) electrons. The number of rotatable bonds is 5. The largest absolute Gasteiger partial charge is 0.493 e. The number of methoxy groups -OCH3 is 1. The van der Waals surface area contributed by atoms with Crippen molar-refractivity contribution in [3.05, 3.63) is 22.2 Å². The summed E-state index contributed by atoms with van der Waals surface area (Å²) in [6.45, 7) is 6.64. The van der Waals surface area contributed by atoms with Gasteiger partial charge in [-0.1, -0.05) is 22.9 Å². The van der Waals surface area contributed by atoms with E-state index in [-0.39, 0.29) is 12.0 Å². The Balaban J connectivity index is 3.31. The number of benzene rings is 1. The third kappa shape index (κ3) is 3.36. The van der Waals surface area contributed by atoms with Crippen LogP contribution in [0.3, 0.4) is 0 Å². The number of nitrogens with two attached hydrogens (primary N) is 1. The Hall–Kier alpha value is -0.740. The molecule has 0 spiro atoms. The van der Waals surface area contributed by atoms with Gasteiger partial charge in [-0.05, 0) is 38.4 Å². The van der Waals surface area contributed by atoms with Gasteiger partial charge in [0.05, 0.1) is 13.2 Å². The lowest BCUT2D eigenvalue weighted by Crippen LogP contribution is -2.14. The minimum Gasteiger partial charge on any atom is -0.493 e. The topological polar surface area (TPSA) is 44.5 Å². The van der Waals surface area contributed by atoms with Crippen molar-refractivity contribution in [2.75, 3.05) is 13.7 Å². The Labute approximate surface area is 111 Å². The van der Waals surface area contributed by atoms with Crippen LogP contribution in [0, 0.1) is 0 Å². The molecule has 17 heavy (non-hydrogen) atoms. The van der Waals surface area contributed by atoms with Gasteiger partial charge in [-0.2, -0.15) is 0 Å². The van der Waals surface area contributed by atoms with E-state index in [1.807, 2.05) is 26.0 Å². The summed E-state index contributed by atoms with van der Waals surface area (Å²) >= 11 is 3.55. The second-order valence-electron chi connectivity index (χ2n) is 4.30. The van der Waals surface area contributed by atoms with E-state index in [9.17, 15) is 0 Å². The highest BCUT2D eigenvalue weighted by molar-refractivity contribution is 9.10. The van der Waals surface area contributed by atoms with Gasteiger partial charge in [0.2, 0.25) is 0 Å². The molecule has 3 nitrogen and oxygen atoms in total. The van der Waals surface area contributed by atoms with Gasteiger partial charge in [0.1, 0.15) is 0 Å². The van der Waals surface area contributed by atoms with Crippen molar-refractivity contribution in [3.63, 3.8) is 0 Å². The molecule has 0 aliphatic carbocycles. The molecule has 2 N–H and O–H groups in total. The van der Waals surface area contributed by atoms with Crippen LogP contribution in [0.15, 0.2) is 16.6 Å². The van der Waals surface area contributed by atoms with Gasteiger partial charge >= 0.3 is 0 Å². The minimum absolute atomic E-state index is 0.0990. The molecule has 0 bridgehead atoms. The van der Waals surface area contributed by atoms with E-state index in [0.29, 0.717) is 6.54 Å². The monoisotopic (exact) mass is 301 g/mol. The van der Waals surface area contributed by atoms with Gasteiger partial charge in [-0.15, -0.1) is 0 Å². The van der Waals surface area contributed by atoms with Crippen LogP contribution in [0.5, 0.6) is 11.5 Å². The lowest BCUT2D eigenvalue weighted by atomic mass is 10.00. The Morgan fingerprint density at radius 1 is 1.29 bits per heavy atom. The highest BCUT2D eigenvalue weighted by Gasteiger charge is 2.19. The fraction of sp³-hybridized carbons (Fsp3) is 0.538. The second-order valence-corrected chi connectivity index (χ2v) is 5.15. The van der Waals surface area contributed by atoms with Crippen LogP contribution in [-0.2, 0) is 0 Å². The Morgan fingerprint density at radius 3 is 2.41 bits per heavy atom. The predicted molar refractivity (Wildman–Crippen MR) is 73.9 cm³/mol. The van der Waals surface area contributed by atoms with Crippen molar-refractivity contribution < 1.29 is 9.47 Å². The molecule has 1 unspecified atom stereocenters. The van der Waals surface area contributed by atoms with Crippen molar-refractivity contribution in [3.8, 4) is 11.5 Å². The lowest BCUT2D eigenvalue weighted by molar-refractivity contribution is 0.226. The molecular weight excluding hydrogens is 282 g/mol.